The molecule has 2 rings (SSSR count). The Kier molecular flexibility index (Phi) is 3.45. The highest BCUT2D eigenvalue weighted by atomic mass is 19.1. The largest absolute Gasteiger partial charge is 0.318 e. The first-order valence-corrected chi connectivity index (χ1v) is 5.20. The predicted octanol–water partition coefficient (Wildman–Crippen LogP) is 3.42. The molecule has 0 aliphatic heterocycles. The Balaban J connectivity index is 0.000000531. The van der Waals surface area contributed by atoms with Crippen LogP contribution in [0.4, 0.5) is 4.39 Å². The Hall–Kier alpha value is -1.38. The fourth-order valence-electron chi connectivity index (χ4n) is 1.63. The molecule has 0 aliphatic rings. The van der Waals surface area contributed by atoms with Crippen LogP contribution in [0.1, 0.15) is 30.8 Å². The average Bonchev–Trinajstić information content (AvgIpc) is 2.45. The maximum absolute atomic E-state index is 13.5. The number of hydrogen-bond acceptors (Lipinski definition) is 1. The van der Waals surface area contributed by atoms with Crippen molar-refractivity contribution in [3.8, 4) is 0 Å². The number of aromatic nitrogens is 2. The Morgan fingerprint density at radius 2 is 1.73 bits per heavy atom. The molecule has 2 aromatic rings. The van der Waals surface area contributed by atoms with Crippen LogP contribution in [0, 0.1) is 26.6 Å². The van der Waals surface area contributed by atoms with Gasteiger partial charge in [0.15, 0.2) is 5.82 Å². The Bertz CT molecular complexity index is 472. The monoisotopic (exact) mass is 208 g/mol. The summed E-state index contributed by atoms with van der Waals surface area (Å²) in [7, 11) is 0. The number of aryl methyl sites for hydroxylation is 3. The first-order chi connectivity index (χ1) is 7.09. The fourth-order valence-corrected chi connectivity index (χ4v) is 1.63. The molecule has 0 aromatic carbocycles. The number of fused-ring (bicyclic) bond motifs is 1. The third-order valence-corrected chi connectivity index (χ3v) is 2.16. The van der Waals surface area contributed by atoms with Crippen molar-refractivity contribution in [3.63, 3.8) is 0 Å². The first-order valence-electron chi connectivity index (χ1n) is 5.20. The molecule has 2 aromatic heterocycles. The van der Waals surface area contributed by atoms with Gasteiger partial charge in [-0.25, -0.2) is 4.39 Å². The molecule has 0 atom stereocenters. The summed E-state index contributed by atoms with van der Waals surface area (Å²) in [5, 5.41) is 0. The van der Waals surface area contributed by atoms with Gasteiger partial charge in [-0.1, -0.05) is 13.8 Å². The quantitative estimate of drug-likeness (QED) is 0.648. The van der Waals surface area contributed by atoms with Crippen molar-refractivity contribution in [2.75, 3.05) is 0 Å². The van der Waals surface area contributed by atoms with Gasteiger partial charge in [0.1, 0.15) is 5.52 Å². The van der Waals surface area contributed by atoms with Crippen molar-refractivity contribution < 1.29 is 4.39 Å². The summed E-state index contributed by atoms with van der Waals surface area (Å²) >= 11 is 0. The highest BCUT2D eigenvalue weighted by molar-refractivity contribution is 5.56. The van der Waals surface area contributed by atoms with Gasteiger partial charge in [0.25, 0.3) is 0 Å². The zero-order valence-electron chi connectivity index (χ0n) is 9.93. The lowest BCUT2D eigenvalue weighted by atomic mass is 10.3. The summed E-state index contributed by atoms with van der Waals surface area (Å²) in [6.45, 7) is 9.49. The van der Waals surface area contributed by atoms with E-state index in [4.69, 9.17) is 0 Å². The lowest BCUT2D eigenvalue weighted by Gasteiger charge is -2.00. The molecule has 0 bridgehead atoms. The van der Waals surface area contributed by atoms with Crippen LogP contribution >= 0.6 is 0 Å². The first kappa shape index (κ1) is 11.7. The van der Waals surface area contributed by atoms with E-state index < -0.39 is 0 Å². The van der Waals surface area contributed by atoms with Crippen LogP contribution in [0.3, 0.4) is 0 Å². The summed E-state index contributed by atoms with van der Waals surface area (Å²) in [5.74, 6) is -0.162. The van der Waals surface area contributed by atoms with E-state index in [-0.39, 0.29) is 5.82 Å². The van der Waals surface area contributed by atoms with E-state index in [9.17, 15) is 4.39 Å². The van der Waals surface area contributed by atoms with Gasteiger partial charge in [0.05, 0.1) is 11.4 Å². The van der Waals surface area contributed by atoms with Crippen LogP contribution < -0.4 is 0 Å². The minimum atomic E-state index is -0.162. The van der Waals surface area contributed by atoms with E-state index in [1.807, 2.05) is 33.9 Å². The van der Waals surface area contributed by atoms with Gasteiger partial charge in [-0.05, 0) is 20.8 Å². The molecular formula is C12H17FN2. The second-order valence-corrected chi connectivity index (χ2v) is 3.35. The molecule has 2 nitrogen and oxygen atoms in total. The molecule has 2 heterocycles. The van der Waals surface area contributed by atoms with Crippen molar-refractivity contribution >= 4 is 5.52 Å². The van der Waals surface area contributed by atoms with E-state index in [1.165, 1.54) is 0 Å². The highest BCUT2D eigenvalue weighted by Gasteiger charge is 2.09. The minimum Gasteiger partial charge on any atom is -0.318 e. The number of nitrogens with zero attached hydrogens (tertiary/aromatic N) is 2. The number of rotatable bonds is 0. The number of hydrogen-bond donors (Lipinski definition) is 0. The topological polar surface area (TPSA) is 17.3 Å². The summed E-state index contributed by atoms with van der Waals surface area (Å²) in [6, 6.07) is 0. The van der Waals surface area contributed by atoms with Crippen LogP contribution in [0.2, 0.25) is 0 Å². The van der Waals surface area contributed by atoms with Crippen LogP contribution in [-0.4, -0.2) is 9.38 Å². The molecule has 3 heteroatoms. The Morgan fingerprint density at radius 1 is 1.13 bits per heavy atom. The molecular weight excluding hydrogens is 191 g/mol. The van der Waals surface area contributed by atoms with Gasteiger partial charge in [-0.15, -0.1) is 0 Å². The number of halogens is 1. The van der Waals surface area contributed by atoms with Crippen LogP contribution in [-0.2, 0) is 0 Å². The van der Waals surface area contributed by atoms with E-state index in [0.717, 1.165) is 11.4 Å². The van der Waals surface area contributed by atoms with Gasteiger partial charge in [-0.3, -0.25) is 4.98 Å². The summed E-state index contributed by atoms with van der Waals surface area (Å²) in [5.41, 5.74) is 2.89. The third-order valence-electron chi connectivity index (χ3n) is 2.16. The van der Waals surface area contributed by atoms with Crippen molar-refractivity contribution in [3.05, 3.63) is 35.2 Å². The fraction of sp³-hybridized carbons (Fsp3) is 0.417. The molecule has 0 aliphatic carbocycles. The molecule has 15 heavy (non-hydrogen) atoms. The average molecular weight is 208 g/mol. The van der Waals surface area contributed by atoms with E-state index in [2.05, 4.69) is 4.98 Å². The van der Waals surface area contributed by atoms with Crippen molar-refractivity contribution in [2.24, 2.45) is 0 Å². The zero-order valence-corrected chi connectivity index (χ0v) is 9.93. The normalized spacial score (nSPS) is 10.0. The molecule has 0 saturated carbocycles. The molecule has 0 amide bonds. The van der Waals surface area contributed by atoms with E-state index >= 15 is 0 Å². The van der Waals surface area contributed by atoms with Gasteiger partial charge in [0.2, 0.25) is 0 Å². The second kappa shape index (κ2) is 4.43. The maximum atomic E-state index is 13.5. The summed E-state index contributed by atoms with van der Waals surface area (Å²) in [4.78, 5) is 4.22. The standard InChI is InChI=1S/C10H11FN2.C2H6/c1-6-4-13-5-7(2)12-8(3)10(13)9(6)11;1-2/h4-5H,1-3H3;1-2H3. The second-order valence-electron chi connectivity index (χ2n) is 3.35. The molecule has 0 unspecified atom stereocenters. The Morgan fingerprint density at radius 3 is 2.33 bits per heavy atom. The molecule has 0 spiro atoms. The molecule has 0 saturated heterocycles. The van der Waals surface area contributed by atoms with Gasteiger partial charge in [0, 0.05) is 18.0 Å². The van der Waals surface area contributed by atoms with Gasteiger partial charge >= 0.3 is 0 Å². The van der Waals surface area contributed by atoms with Crippen molar-refractivity contribution in [2.45, 2.75) is 34.6 Å². The summed E-state index contributed by atoms with van der Waals surface area (Å²) < 4.78 is 15.3. The maximum Gasteiger partial charge on any atom is 0.153 e. The lowest BCUT2D eigenvalue weighted by molar-refractivity contribution is 0.631. The molecule has 0 N–H and O–H groups in total. The SMILES string of the molecule is CC.Cc1cn2cc(C)c(F)c2c(C)n1. The predicted molar refractivity (Wildman–Crippen MR) is 60.7 cm³/mol. The van der Waals surface area contributed by atoms with Gasteiger partial charge in [-0.2, -0.15) is 0 Å². The zero-order chi connectivity index (χ0) is 11.6. The highest BCUT2D eigenvalue weighted by Crippen LogP contribution is 2.18. The lowest BCUT2D eigenvalue weighted by Crippen LogP contribution is -1.93. The molecule has 0 radical (unpaired) electrons. The van der Waals surface area contributed by atoms with Crippen LogP contribution in [0.5, 0.6) is 0 Å². The Labute approximate surface area is 89.8 Å². The molecule has 82 valence electrons. The van der Waals surface area contributed by atoms with Crippen molar-refractivity contribution in [1.29, 1.82) is 0 Å². The minimum absolute atomic E-state index is 0.162. The van der Waals surface area contributed by atoms with Crippen LogP contribution in [0.25, 0.3) is 5.52 Å². The van der Waals surface area contributed by atoms with Crippen molar-refractivity contribution in [1.82, 2.24) is 9.38 Å². The smallest absolute Gasteiger partial charge is 0.153 e. The third kappa shape index (κ3) is 2.01. The molecule has 0 fully saturated rings. The van der Waals surface area contributed by atoms with Gasteiger partial charge < -0.3 is 4.40 Å². The van der Waals surface area contributed by atoms with E-state index in [0.29, 0.717) is 11.1 Å². The van der Waals surface area contributed by atoms with Crippen LogP contribution in [0.15, 0.2) is 12.4 Å². The van der Waals surface area contributed by atoms with E-state index in [1.54, 1.807) is 17.5 Å². The summed E-state index contributed by atoms with van der Waals surface area (Å²) in [6.07, 6.45) is 3.62.